The van der Waals surface area contributed by atoms with Gasteiger partial charge in [0.15, 0.2) is 12.0 Å². The van der Waals surface area contributed by atoms with E-state index in [1.165, 1.54) is 0 Å². The molecule has 3 rings (SSSR count). The molecule has 2 heterocycles. The van der Waals surface area contributed by atoms with Crippen molar-refractivity contribution in [3.8, 4) is 11.3 Å². The van der Waals surface area contributed by atoms with E-state index in [4.69, 9.17) is 4.42 Å². The van der Waals surface area contributed by atoms with Crippen LogP contribution >= 0.6 is 0 Å². The van der Waals surface area contributed by atoms with Gasteiger partial charge in [-0.05, 0) is 37.3 Å². The van der Waals surface area contributed by atoms with Crippen molar-refractivity contribution >= 4 is 17.3 Å². The molecular weight excluding hydrogens is 228 g/mol. The van der Waals surface area contributed by atoms with Crippen LogP contribution in [0.2, 0.25) is 0 Å². The maximum atomic E-state index is 10.6. The number of imidazole rings is 1. The Morgan fingerprint density at radius 2 is 2.11 bits per heavy atom. The number of hydrogen-bond donors (Lipinski definition) is 0. The summed E-state index contributed by atoms with van der Waals surface area (Å²) in [5.74, 6) is 1.99. The van der Waals surface area contributed by atoms with Crippen LogP contribution in [0.1, 0.15) is 16.4 Å². The van der Waals surface area contributed by atoms with Gasteiger partial charge in [-0.25, -0.2) is 4.98 Å². The summed E-state index contributed by atoms with van der Waals surface area (Å²) in [5.41, 5.74) is 2.93. The van der Waals surface area contributed by atoms with Crippen LogP contribution in [0.3, 0.4) is 0 Å². The summed E-state index contributed by atoms with van der Waals surface area (Å²) in [6.07, 6.45) is 0.701. The molecule has 0 aliphatic carbocycles. The molecule has 0 radical (unpaired) electrons. The number of aryl methyl sites for hydroxylation is 2. The third-order valence-electron chi connectivity index (χ3n) is 3.13. The summed E-state index contributed by atoms with van der Waals surface area (Å²) in [6.45, 7) is 1.97. The van der Waals surface area contributed by atoms with E-state index >= 15 is 0 Å². The molecule has 0 atom stereocenters. The van der Waals surface area contributed by atoms with Gasteiger partial charge < -0.3 is 8.98 Å². The molecule has 2 aromatic heterocycles. The first-order chi connectivity index (χ1) is 8.69. The Hall–Kier alpha value is -2.36. The third-order valence-corrected chi connectivity index (χ3v) is 3.13. The van der Waals surface area contributed by atoms with Gasteiger partial charge in [0.1, 0.15) is 11.6 Å². The van der Waals surface area contributed by atoms with Crippen LogP contribution in [-0.2, 0) is 7.05 Å². The van der Waals surface area contributed by atoms with Gasteiger partial charge in [-0.3, -0.25) is 4.79 Å². The van der Waals surface area contributed by atoms with Gasteiger partial charge >= 0.3 is 0 Å². The van der Waals surface area contributed by atoms with E-state index in [9.17, 15) is 4.79 Å². The first-order valence-electron chi connectivity index (χ1n) is 5.67. The van der Waals surface area contributed by atoms with Crippen molar-refractivity contribution in [3.05, 3.63) is 41.9 Å². The number of carbonyl (C=O) groups is 1. The molecule has 0 saturated carbocycles. The standard InChI is InChI=1S/C14H12N2O2/c1-9-15-12-7-10(3-5-13(12)16(9)2)14-6-4-11(8-17)18-14/h3-8H,1-2H3. The van der Waals surface area contributed by atoms with E-state index in [0.29, 0.717) is 17.8 Å². The van der Waals surface area contributed by atoms with Crippen LogP contribution in [-0.4, -0.2) is 15.8 Å². The Bertz CT molecular complexity index is 737. The molecule has 4 heteroatoms. The largest absolute Gasteiger partial charge is 0.453 e. The topological polar surface area (TPSA) is 48.0 Å². The summed E-state index contributed by atoms with van der Waals surface area (Å²) in [6, 6.07) is 9.40. The Balaban J connectivity index is 2.15. The molecule has 0 aliphatic rings. The lowest BCUT2D eigenvalue weighted by Crippen LogP contribution is -1.89. The van der Waals surface area contributed by atoms with Crippen molar-refractivity contribution in [2.24, 2.45) is 7.05 Å². The van der Waals surface area contributed by atoms with Crippen molar-refractivity contribution in [1.82, 2.24) is 9.55 Å². The minimum absolute atomic E-state index is 0.335. The molecule has 4 nitrogen and oxygen atoms in total. The van der Waals surface area contributed by atoms with E-state index in [0.717, 1.165) is 22.4 Å². The van der Waals surface area contributed by atoms with Gasteiger partial charge in [0.05, 0.1) is 11.0 Å². The molecule has 0 amide bonds. The number of aldehydes is 1. The number of carbonyl (C=O) groups excluding carboxylic acids is 1. The van der Waals surface area contributed by atoms with Gasteiger partial charge in [0.2, 0.25) is 0 Å². The molecule has 3 aromatic rings. The number of rotatable bonds is 2. The average Bonchev–Trinajstić information content (AvgIpc) is 2.95. The molecule has 0 unspecified atom stereocenters. The quantitative estimate of drug-likeness (QED) is 0.647. The Labute approximate surface area is 104 Å². The molecule has 0 N–H and O–H groups in total. The smallest absolute Gasteiger partial charge is 0.185 e. The molecule has 0 fully saturated rings. The summed E-state index contributed by atoms with van der Waals surface area (Å²) in [5, 5.41) is 0. The lowest BCUT2D eigenvalue weighted by Gasteiger charge is -1.98. The van der Waals surface area contributed by atoms with Crippen LogP contribution in [0.4, 0.5) is 0 Å². The SMILES string of the molecule is Cc1nc2cc(-c3ccc(C=O)o3)ccc2n1C. The molecule has 1 aromatic carbocycles. The second-order valence-corrected chi connectivity index (χ2v) is 4.24. The lowest BCUT2D eigenvalue weighted by molar-refractivity contribution is 0.110. The van der Waals surface area contributed by atoms with Gasteiger partial charge in [-0.2, -0.15) is 0 Å². The highest BCUT2D eigenvalue weighted by Crippen LogP contribution is 2.25. The van der Waals surface area contributed by atoms with Crippen LogP contribution in [0.5, 0.6) is 0 Å². The van der Waals surface area contributed by atoms with E-state index in [2.05, 4.69) is 4.98 Å². The molecule has 0 bridgehead atoms. The minimum Gasteiger partial charge on any atom is -0.453 e. The number of benzene rings is 1. The molecule has 90 valence electrons. The zero-order valence-electron chi connectivity index (χ0n) is 10.2. The van der Waals surface area contributed by atoms with E-state index in [1.54, 1.807) is 12.1 Å². The Morgan fingerprint density at radius 3 is 2.83 bits per heavy atom. The number of nitrogens with zero attached hydrogens (tertiary/aromatic N) is 2. The first-order valence-corrected chi connectivity index (χ1v) is 5.67. The molecular formula is C14H12N2O2. The van der Waals surface area contributed by atoms with Crippen LogP contribution in [0.15, 0.2) is 34.7 Å². The highest BCUT2D eigenvalue weighted by Gasteiger charge is 2.08. The molecule has 0 spiro atoms. The van der Waals surface area contributed by atoms with E-state index in [1.807, 2.05) is 36.7 Å². The Morgan fingerprint density at radius 1 is 1.28 bits per heavy atom. The van der Waals surface area contributed by atoms with Crippen LogP contribution in [0, 0.1) is 6.92 Å². The number of aromatic nitrogens is 2. The normalized spacial score (nSPS) is 11.0. The monoisotopic (exact) mass is 240 g/mol. The summed E-state index contributed by atoms with van der Waals surface area (Å²) in [4.78, 5) is 15.1. The number of fused-ring (bicyclic) bond motifs is 1. The summed E-state index contributed by atoms with van der Waals surface area (Å²) >= 11 is 0. The number of hydrogen-bond acceptors (Lipinski definition) is 3. The second-order valence-electron chi connectivity index (χ2n) is 4.24. The predicted molar refractivity (Wildman–Crippen MR) is 68.5 cm³/mol. The Kier molecular flexibility index (Phi) is 2.30. The first kappa shape index (κ1) is 10.8. The molecule has 0 aliphatic heterocycles. The lowest BCUT2D eigenvalue weighted by atomic mass is 10.1. The molecule has 0 saturated heterocycles. The van der Waals surface area contributed by atoms with Gasteiger partial charge in [-0.15, -0.1) is 0 Å². The van der Waals surface area contributed by atoms with Crippen molar-refractivity contribution in [3.63, 3.8) is 0 Å². The zero-order chi connectivity index (χ0) is 12.7. The van der Waals surface area contributed by atoms with E-state index in [-0.39, 0.29) is 0 Å². The second kappa shape index (κ2) is 3.84. The minimum atomic E-state index is 0.335. The fraction of sp³-hybridized carbons (Fsp3) is 0.143. The average molecular weight is 240 g/mol. The zero-order valence-corrected chi connectivity index (χ0v) is 10.2. The maximum Gasteiger partial charge on any atom is 0.185 e. The van der Waals surface area contributed by atoms with Crippen molar-refractivity contribution in [1.29, 1.82) is 0 Å². The van der Waals surface area contributed by atoms with Crippen molar-refractivity contribution in [2.45, 2.75) is 6.92 Å². The fourth-order valence-electron chi connectivity index (χ4n) is 2.04. The van der Waals surface area contributed by atoms with E-state index < -0.39 is 0 Å². The molecule has 18 heavy (non-hydrogen) atoms. The van der Waals surface area contributed by atoms with Gasteiger partial charge in [-0.1, -0.05) is 0 Å². The van der Waals surface area contributed by atoms with Crippen molar-refractivity contribution in [2.75, 3.05) is 0 Å². The highest BCUT2D eigenvalue weighted by atomic mass is 16.3. The number of furan rings is 1. The van der Waals surface area contributed by atoms with Gasteiger partial charge in [0, 0.05) is 12.6 Å². The fourth-order valence-corrected chi connectivity index (χ4v) is 2.04. The highest BCUT2D eigenvalue weighted by molar-refractivity contribution is 5.82. The third kappa shape index (κ3) is 1.54. The van der Waals surface area contributed by atoms with Crippen LogP contribution < -0.4 is 0 Å². The van der Waals surface area contributed by atoms with Crippen LogP contribution in [0.25, 0.3) is 22.4 Å². The van der Waals surface area contributed by atoms with Gasteiger partial charge in [0.25, 0.3) is 0 Å². The predicted octanol–water partition coefficient (Wildman–Crippen LogP) is 2.95. The maximum absolute atomic E-state index is 10.6. The summed E-state index contributed by atoms with van der Waals surface area (Å²) < 4.78 is 7.44. The van der Waals surface area contributed by atoms with Crippen molar-refractivity contribution < 1.29 is 9.21 Å². The summed E-state index contributed by atoms with van der Waals surface area (Å²) in [7, 11) is 1.99.